The average Bonchev–Trinajstić information content (AvgIpc) is 3.00. The van der Waals surface area contributed by atoms with Crippen LogP contribution in [0.3, 0.4) is 0 Å². The van der Waals surface area contributed by atoms with E-state index in [1.54, 1.807) is 35.9 Å². The summed E-state index contributed by atoms with van der Waals surface area (Å²) in [5.74, 6) is -4.02. The summed E-state index contributed by atoms with van der Waals surface area (Å²) in [5.41, 5.74) is 1.52. The summed E-state index contributed by atoms with van der Waals surface area (Å²) in [4.78, 5) is 5.04. The molecule has 0 aliphatic carbocycles. The summed E-state index contributed by atoms with van der Waals surface area (Å²) >= 11 is 0. The molecule has 0 amide bonds. The van der Waals surface area contributed by atoms with Gasteiger partial charge in [0.1, 0.15) is 12.7 Å². The van der Waals surface area contributed by atoms with E-state index in [0.29, 0.717) is 0 Å². The van der Waals surface area contributed by atoms with E-state index in [0.717, 1.165) is 11.3 Å². The Bertz CT molecular complexity index is 583. The molecule has 22 heavy (non-hydrogen) atoms. The van der Waals surface area contributed by atoms with Gasteiger partial charge in [-0.1, -0.05) is 12.1 Å². The largest absolute Gasteiger partial charge is 0.319 e. The van der Waals surface area contributed by atoms with Gasteiger partial charge >= 0.3 is 12.3 Å². The molecule has 0 radical (unpaired) electrons. The highest BCUT2D eigenvalue weighted by Gasteiger charge is 2.42. The molecule has 0 bridgehead atoms. The Morgan fingerprint density at radius 2 is 1.86 bits per heavy atom. The minimum absolute atomic E-state index is 0.422. The molecule has 0 aliphatic rings. The number of aromatic nitrogens is 3. The van der Waals surface area contributed by atoms with Crippen LogP contribution < -0.4 is 0 Å². The van der Waals surface area contributed by atoms with Crippen molar-refractivity contribution in [3.8, 4) is 5.69 Å². The van der Waals surface area contributed by atoms with Crippen molar-refractivity contribution >= 4 is 0 Å². The predicted molar refractivity (Wildman–Crippen MR) is 73.4 cm³/mol. The third-order valence-corrected chi connectivity index (χ3v) is 3.50. The van der Waals surface area contributed by atoms with Crippen molar-refractivity contribution in [1.82, 2.24) is 19.7 Å². The number of hydrogen-bond donors (Lipinski definition) is 0. The third kappa shape index (κ3) is 3.62. The minimum Gasteiger partial charge on any atom is -0.294 e. The van der Waals surface area contributed by atoms with Gasteiger partial charge in [-0.05, 0) is 31.7 Å². The van der Waals surface area contributed by atoms with E-state index in [4.69, 9.17) is 0 Å². The first-order valence-corrected chi connectivity index (χ1v) is 6.62. The van der Waals surface area contributed by atoms with Gasteiger partial charge in [0, 0.05) is 6.04 Å². The van der Waals surface area contributed by atoms with Crippen molar-refractivity contribution in [2.24, 2.45) is 0 Å². The fourth-order valence-corrected chi connectivity index (χ4v) is 2.04. The lowest BCUT2D eigenvalue weighted by molar-refractivity contribution is -0.143. The Hall–Kier alpha value is -1.96. The highest BCUT2D eigenvalue weighted by Crippen LogP contribution is 2.28. The van der Waals surface area contributed by atoms with Crippen molar-refractivity contribution in [3.05, 3.63) is 42.5 Å². The van der Waals surface area contributed by atoms with Crippen LogP contribution in [-0.2, 0) is 0 Å². The predicted octanol–water partition coefficient (Wildman–Crippen LogP) is 3.16. The Kier molecular flexibility index (Phi) is 4.80. The first kappa shape index (κ1) is 16.4. The molecule has 1 aromatic carbocycles. The number of halogens is 4. The molecule has 4 nitrogen and oxygen atoms in total. The lowest BCUT2D eigenvalue weighted by atomic mass is 10.1. The molecule has 0 saturated heterocycles. The van der Waals surface area contributed by atoms with E-state index in [1.807, 2.05) is 0 Å². The fraction of sp³-hybridized carbons (Fsp3) is 0.429. The van der Waals surface area contributed by atoms with Crippen LogP contribution in [0.4, 0.5) is 17.6 Å². The topological polar surface area (TPSA) is 34.0 Å². The molecule has 2 rings (SSSR count). The smallest absolute Gasteiger partial charge is 0.294 e. The molecule has 0 aliphatic heterocycles. The first-order valence-electron chi connectivity index (χ1n) is 6.62. The Morgan fingerprint density at radius 1 is 1.23 bits per heavy atom. The van der Waals surface area contributed by atoms with Crippen molar-refractivity contribution in [2.75, 3.05) is 13.6 Å². The van der Waals surface area contributed by atoms with Gasteiger partial charge in [-0.15, -0.1) is 0 Å². The lowest BCUT2D eigenvalue weighted by Gasteiger charge is -2.28. The number of hydrogen-bond acceptors (Lipinski definition) is 3. The molecule has 1 atom stereocenters. The number of nitrogens with zero attached hydrogens (tertiary/aromatic N) is 4. The summed E-state index contributed by atoms with van der Waals surface area (Å²) in [6.45, 7) is 0.683. The van der Waals surface area contributed by atoms with Gasteiger partial charge in [0.25, 0.3) is 0 Å². The van der Waals surface area contributed by atoms with Crippen LogP contribution in [0.1, 0.15) is 18.5 Å². The van der Waals surface area contributed by atoms with Crippen LogP contribution in [-0.4, -0.2) is 45.6 Å². The molecule has 0 unspecified atom stereocenters. The van der Waals surface area contributed by atoms with Crippen molar-refractivity contribution < 1.29 is 17.6 Å². The maximum atomic E-state index is 13.1. The molecule has 0 spiro atoms. The van der Waals surface area contributed by atoms with Crippen LogP contribution in [0.25, 0.3) is 5.69 Å². The highest BCUT2D eigenvalue weighted by molar-refractivity contribution is 5.34. The summed E-state index contributed by atoms with van der Waals surface area (Å²) in [5, 5.41) is 3.98. The van der Waals surface area contributed by atoms with Crippen molar-refractivity contribution in [2.45, 2.75) is 25.3 Å². The molecule has 2 aromatic rings. The molecule has 0 saturated carbocycles. The van der Waals surface area contributed by atoms with Crippen LogP contribution in [0.15, 0.2) is 36.9 Å². The lowest BCUT2D eigenvalue weighted by Crippen LogP contribution is -2.40. The Balaban J connectivity index is 2.07. The van der Waals surface area contributed by atoms with E-state index in [2.05, 4.69) is 10.1 Å². The molecule has 1 heterocycles. The summed E-state index contributed by atoms with van der Waals surface area (Å²) in [6.07, 6.45) is -0.735. The summed E-state index contributed by atoms with van der Waals surface area (Å²) in [7, 11) is 1.40. The standard InChI is InChI=1S/C14H16F4N4/c1-10(21(2)7-14(17,18)13(15)16)11-3-5-12(6-4-11)22-9-19-8-20-22/h3-6,8-10,13H,7H2,1-2H3/t10-/m0/s1. The Morgan fingerprint density at radius 3 is 2.36 bits per heavy atom. The van der Waals surface area contributed by atoms with Crippen LogP contribution in [0.5, 0.6) is 0 Å². The zero-order valence-corrected chi connectivity index (χ0v) is 12.1. The average molecular weight is 316 g/mol. The second kappa shape index (κ2) is 6.43. The summed E-state index contributed by atoms with van der Waals surface area (Å²) < 4.78 is 52.3. The van der Waals surface area contributed by atoms with Crippen LogP contribution in [0, 0.1) is 0 Å². The van der Waals surface area contributed by atoms with Gasteiger partial charge in [-0.2, -0.15) is 13.9 Å². The van der Waals surface area contributed by atoms with E-state index >= 15 is 0 Å². The monoisotopic (exact) mass is 316 g/mol. The minimum atomic E-state index is -4.02. The molecule has 8 heteroatoms. The molecule has 1 aromatic heterocycles. The Labute approximate surface area is 125 Å². The normalized spacial score (nSPS) is 13.8. The van der Waals surface area contributed by atoms with Crippen LogP contribution >= 0.6 is 0 Å². The SMILES string of the molecule is C[C@@H](c1ccc(-n2cncn2)cc1)N(C)CC(F)(F)C(F)F. The highest BCUT2D eigenvalue weighted by atomic mass is 19.3. The second-order valence-electron chi connectivity index (χ2n) is 5.08. The van der Waals surface area contributed by atoms with Crippen molar-refractivity contribution in [3.63, 3.8) is 0 Å². The van der Waals surface area contributed by atoms with Gasteiger partial charge < -0.3 is 0 Å². The number of benzene rings is 1. The van der Waals surface area contributed by atoms with Gasteiger partial charge in [0.2, 0.25) is 0 Å². The molecule has 120 valence electrons. The van der Waals surface area contributed by atoms with Gasteiger partial charge in [0.05, 0.1) is 12.2 Å². The number of rotatable bonds is 6. The zero-order valence-electron chi connectivity index (χ0n) is 12.1. The molecular weight excluding hydrogens is 300 g/mol. The van der Waals surface area contributed by atoms with E-state index in [9.17, 15) is 17.6 Å². The first-order chi connectivity index (χ1) is 10.3. The number of alkyl halides is 4. The van der Waals surface area contributed by atoms with Crippen LogP contribution in [0.2, 0.25) is 0 Å². The summed E-state index contributed by atoms with van der Waals surface area (Å²) in [6, 6.07) is 6.60. The molecule has 0 N–H and O–H groups in total. The van der Waals surface area contributed by atoms with Crippen molar-refractivity contribution in [1.29, 1.82) is 0 Å². The second-order valence-corrected chi connectivity index (χ2v) is 5.08. The van der Waals surface area contributed by atoms with Gasteiger partial charge in [-0.3, -0.25) is 4.90 Å². The zero-order chi connectivity index (χ0) is 16.3. The third-order valence-electron chi connectivity index (χ3n) is 3.50. The maximum absolute atomic E-state index is 13.1. The van der Waals surface area contributed by atoms with Gasteiger partial charge in [-0.25, -0.2) is 18.4 Å². The quantitative estimate of drug-likeness (QED) is 0.768. The van der Waals surface area contributed by atoms with E-state index in [1.165, 1.54) is 24.6 Å². The molecule has 0 fully saturated rings. The maximum Gasteiger partial charge on any atom is 0.319 e. The van der Waals surface area contributed by atoms with Gasteiger partial charge in [0.15, 0.2) is 0 Å². The van der Waals surface area contributed by atoms with E-state index < -0.39 is 24.9 Å². The molecular formula is C14H16F4N4. The fourth-order valence-electron chi connectivity index (χ4n) is 2.04. The van der Waals surface area contributed by atoms with E-state index in [-0.39, 0.29) is 0 Å².